The van der Waals surface area contributed by atoms with Crippen molar-refractivity contribution in [2.75, 3.05) is 17.7 Å². The molecule has 1 atom stereocenters. The zero-order chi connectivity index (χ0) is 19.7. The fourth-order valence-corrected chi connectivity index (χ4v) is 3.17. The number of aryl methyl sites for hydroxylation is 2. The van der Waals surface area contributed by atoms with Crippen LogP contribution in [0.5, 0.6) is 5.75 Å². The molecular formula is C21H21N5O2. The average molecular weight is 375 g/mol. The van der Waals surface area contributed by atoms with E-state index in [0.29, 0.717) is 17.6 Å². The van der Waals surface area contributed by atoms with Crippen LogP contribution in [0.25, 0.3) is 0 Å². The molecule has 0 radical (unpaired) electrons. The van der Waals surface area contributed by atoms with Gasteiger partial charge in [0.05, 0.1) is 7.11 Å². The molecule has 0 amide bonds. The Labute approximate surface area is 162 Å². The van der Waals surface area contributed by atoms with Crippen molar-refractivity contribution in [3.8, 4) is 5.75 Å². The van der Waals surface area contributed by atoms with Crippen molar-refractivity contribution >= 4 is 17.6 Å². The van der Waals surface area contributed by atoms with Gasteiger partial charge in [0.15, 0.2) is 6.17 Å². The Morgan fingerprint density at radius 3 is 2.61 bits per heavy atom. The van der Waals surface area contributed by atoms with E-state index in [9.17, 15) is 4.79 Å². The first-order valence-electron chi connectivity index (χ1n) is 8.96. The van der Waals surface area contributed by atoms with Crippen molar-refractivity contribution in [2.45, 2.75) is 20.0 Å². The second kappa shape index (κ2) is 7.19. The van der Waals surface area contributed by atoms with E-state index in [1.165, 1.54) is 6.07 Å². The van der Waals surface area contributed by atoms with Crippen LogP contribution >= 0.6 is 0 Å². The molecule has 28 heavy (non-hydrogen) atoms. The Balaban J connectivity index is 1.78. The minimum atomic E-state index is -0.532. The summed E-state index contributed by atoms with van der Waals surface area (Å²) in [6.45, 7) is 3.83. The number of aromatic nitrogens is 2. The van der Waals surface area contributed by atoms with Gasteiger partial charge in [-0.3, -0.25) is 14.7 Å². The summed E-state index contributed by atoms with van der Waals surface area (Å²) in [7, 11) is 1.62. The van der Waals surface area contributed by atoms with Gasteiger partial charge in [-0.15, -0.1) is 0 Å². The number of methoxy groups -OCH3 is 1. The molecule has 7 nitrogen and oxygen atoms in total. The van der Waals surface area contributed by atoms with E-state index >= 15 is 0 Å². The van der Waals surface area contributed by atoms with Gasteiger partial charge in [0.2, 0.25) is 11.9 Å². The van der Waals surface area contributed by atoms with Crippen molar-refractivity contribution in [3.05, 3.63) is 81.8 Å². The van der Waals surface area contributed by atoms with Crippen LogP contribution in [-0.4, -0.2) is 22.6 Å². The van der Waals surface area contributed by atoms with Crippen molar-refractivity contribution in [1.82, 2.24) is 9.55 Å². The Morgan fingerprint density at radius 2 is 1.89 bits per heavy atom. The number of hydrogen-bond donors (Lipinski definition) is 2. The van der Waals surface area contributed by atoms with E-state index in [4.69, 9.17) is 9.73 Å². The highest BCUT2D eigenvalue weighted by molar-refractivity contribution is 6.03. The number of anilines is 2. The lowest BCUT2D eigenvalue weighted by Gasteiger charge is -2.27. The maximum absolute atomic E-state index is 12.7. The van der Waals surface area contributed by atoms with Gasteiger partial charge >= 0.3 is 0 Å². The largest absolute Gasteiger partial charge is 0.497 e. The first-order chi connectivity index (χ1) is 13.5. The fraction of sp³-hybridized carbons (Fsp3) is 0.190. The van der Waals surface area contributed by atoms with Crippen LogP contribution in [-0.2, 0) is 0 Å². The first-order valence-corrected chi connectivity index (χ1v) is 8.96. The van der Waals surface area contributed by atoms with Crippen molar-refractivity contribution in [3.63, 3.8) is 0 Å². The highest BCUT2D eigenvalue weighted by Gasteiger charge is 2.25. The van der Waals surface area contributed by atoms with Crippen LogP contribution in [0, 0.1) is 13.8 Å². The van der Waals surface area contributed by atoms with Crippen LogP contribution in [0.15, 0.2) is 64.4 Å². The fourth-order valence-electron chi connectivity index (χ4n) is 3.17. The van der Waals surface area contributed by atoms with Crippen LogP contribution < -0.4 is 20.9 Å². The second-order valence-electron chi connectivity index (χ2n) is 6.67. The number of hydrogen-bond acceptors (Lipinski definition) is 6. The lowest BCUT2D eigenvalue weighted by molar-refractivity contribution is 0.414. The van der Waals surface area contributed by atoms with Crippen molar-refractivity contribution < 1.29 is 4.74 Å². The summed E-state index contributed by atoms with van der Waals surface area (Å²) >= 11 is 0. The molecule has 0 saturated heterocycles. The van der Waals surface area contributed by atoms with E-state index < -0.39 is 6.17 Å². The minimum Gasteiger partial charge on any atom is -0.497 e. The summed E-state index contributed by atoms with van der Waals surface area (Å²) in [6, 6.07) is 17.0. The third-order valence-corrected chi connectivity index (χ3v) is 4.50. The molecule has 0 unspecified atom stereocenters. The van der Waals surface area contributed by atoms with E-state index in [0.717, 1.165) is 22.6 Å². The topological polar surface area (TPSA) is 80.5 Å². The van der Waals surface area contributed by atoms with Gasteiger partial charge in [-0.05, 0) is 49.2 Å². The molecule has 2 heterocycles. The number of benzene rings is 2. The number of fused-ring (bicyclic) bond motifs is 1. The van der Waals surface area contributed by atoms with Crippen LogP contribution in [0.1, 0.15) is 23.0 Å². The van der Waals surface area contributed by atoms with Gasteiger partial charge in [0, 0.05) is 17.4 Å². The molecule has 0 bridgehead atoms. The molecule has 7 heteroatoms. The lowest BCUT2D eigenvalue weighted by Crippen LogP contribution is -2.37. The van der Waals surface area contributed by atoms with Gasteiger partial charge < -0.3 is 10.1 Å². The van der Waals surface area contributed by atoms with Crippen LogP contribution in [0.4, 0.5) is 11.6 Å². The Hall–Kier alpha value is -3.61. The third-order valence-electron chi connectivity index (χ3n) is 4.50. The first kappa shape index (κ1) is 17.8. The summed E-state index contributed by atoms with van der Waals surface area (Å²) in [5.41, 5.74) is 3.39. The number of rotatable bonds is 3. The van der Waals surface area contributed by atoms with Crippen LogP contribution in [0.2, 0.25) is 0 Å². The van der Waals surface area contributed by atoms with Gasteiger partial charge in [-0.2, -0.15) is 0 Å². The molecule has 1 aromatic heterocycles. The smallest absolute Gasteiger partial charge is 0.257 e. The quantitative estimate of drug-likeness (QED) is 0.734. The molecule has 0 saturated carbocycles. The number of nitrogens with zero attached hydrogens (tertiary/aromatic N) is 3. The number of nitrogens with one attached hydrogen (secondary N) is 2. The molecular weight excluding hydrogens is 354 g/mol. The molecule has 0 spiro atoms. The number of guanidine groups is 1. The van der Waals surface area contributed by atoms with Crippen molar-refractivity contribution in [2.24, 2.45) is 4.99 Å². The maximum atomic E-state index is 12.7. The molecule has 0 fully saturated rings. The SMILES string of the molecule is COc1ccc([C@H]2N=C(Nc3cccc(C)c3)Nc3nc(C)cc(=O)n32)cc1. The molecule has 0 aliphatic carbocycles. The molecule has 1 aliphatic heterocycles. The third kappa shape index (κ3) is 3.46. The van der Waals surface area contributed by atoms with Gasteiger partial charge in [0.1, 0.15) is 5.75 Å². The summed E-state index contributed by atoms with van der Waals surface area (Å²) in [5.74, 6) is 1.73. The van der Waals surface area contributed by atoms with Gasteiger partial charge in [-0.25, -0.2) is 9.98 Å². The summed E-state index contributed by atoms with van der Waals surface area (Å²) in [6.07, 6.45) is -0.532. The normalized spacial score (nSPS) is 15.2. The Bertz CT molecular complexity index is 1100. The molecule has 4 rings (SSSR count). The maximum Gasteiger partial charge on any atom is 0.257 e. The predicted molar refractivity (Wildman–Crippen MR) is 110 cm³/mol. The lowest BCUT2D eigenvalue weighted by atomic mass is 10.1. The summed E-state index contributed by atoms with van der Waals surface area (Å²) in [5, 5.41) is 6.42. The van der Waals surface area contributed by atoms with E-state index in [2.05, 4.69) is 15.6 Å². The zero-order valence-corrected chi connectivity index (χ0v) is 15.9. The average Bonchev–Trinajstić information content (AvgIpc) is 2.67. The van der Waals surface area contributed by atoms with Gasteiger partial charge in [-0.1, -0.05) is 24.3 Å². The predicted octanol–water partition coefficient (Wildman–Crippen LogP) is 3.31. The molecule has 2 aromatic carbocycles. The highest BCUT2D eigenvalue weighted by atomic mass is 16.5. The zero-order valence-electron chi connectivity index (χ0n) is 15.9. The van der Waals surface area contributed by atoms with Crippen molar-refractivity contribution in [1.29, 1.82) is 0 Å². The minimum absolute atomic E-state index is 0.158. The highest BCUT2D eigenvalue weighted by Crippen LogP contribution is 2.27. The molecule has 2 N–H and O–H groups in total. The van der Waals surface area contributed by atoms with Gasteiger partial charge in [0.25, 0.3) is 5.56 Å². The molecule has 3 aromatic rings. The van der Waals surface area contributed by atoms with E-state index in [-0.39, 0.29) is 5.56 Å². The molecule has 1 aliphatic rings. The van der Waals surface area contributed by atoms with Crippen LogP contribution in [0.3, 0.4) is 0 Å². The standard InChI is InChI=1S/C21H21N5O2/c1-13-5-4-6-16(11-13)23-20-24-19(15-7-9-17(28-3)10-8-15)26-18(27)12-14(2)22-21(26)25-20/h4-12,19H,1-3H3,(H2,22,23,24,25)/t19-/m0/s1. The van der Waals surface area contributed by atoms with E-state index in [1.807, 2.05) is 55.5 Å². The molecule has 142 valence electrons. The summed E-state index contributed by atoms with van der Waals surface area (Å²) < 4.78 is 6.79. The Kier molecular flexibility index (Phi) is 4.57. The Morgan fingerprint density at radius 1 is 1.11 bits per heavy atom. The second-order valence-corrected chi connectivity index (χ2v) is 6.67. The van der Waals surface area contributed by atoms with E-state index in [1.54, 1.807) is 18.6 Å². The number of aliphatic imine (C=N–C) groups is 1. The number of ether oxygens (including phenoxy) is 1. The summed E-state index contributed by atoms with van der Waals surface area (Å²) in [4.78, 5) is 21.9. The monoisotopic (exact) mass is 375 g/mol.